The second-order valence-corrected chi connectivity index (χ2v) is 8.52. The Bertz CT molecular complexity index is 1490. The van der Waals surface area contributed by atoms with E-state index in [4.69, 9.17) is 9.15 Å². The third kappa shape index (κ3) is 4.68. The Labute approximate surface area is 212 Å². The van der Waals surface area contributed by atoms with Crippen molar-refractivity contribution in [3.8, 4) is 5.75 Å². The zero-order valence-electron chi connectivity index (χ0n) is 20.0. The van der Waals surface area contributed by atoms with E-state index in [0.717, 1.165) is 11.4 Å². The number of piperazine rings is 1. The number of hydrogen-bond acceptors (Lipinski definition) is 7. The maximum atomic E-state index is 13.6. The van der Waals surface area contributed by atoms with Gasteiger partial charge >= 0.3 is 0 Å². The van der Waals surface area contributed by atoms with Gasteiger partial charge in [-0.3, -0.25) is 19.7 Å². The van der Waals surface area contributed by atoms with Crippen LogP contribution >= 0.6 is 0 Å². The molecule has 1 aliphatic heterocycles. The van der Waals surface area contributed by atoms with Gasteiger partial charge in [-0.1, -0.05) is 30.3 Å². The lowest BCUT2D eigenvalue weighted by atomic mass is 10.1. The number of furan rings is 1. The van der Waals surface area contributed by atoms with E-state index in [0.29, 0.717) is 37.1 Å². The van der Waals surface area contributed by atoms with Crippen LogP contribution in [0.25, 0.3) is 11.0 Å². The fourth-order valence-electron chi connectivity index (χ4n) is 4.45. The summed E-state index contributed by atoms with van der Waals surface area (Å²) in [7, 11) is 1.63. The van der Waals surface area contributed by atoms with Gasteiger partial charge in [0, 0.05) is 49.3 Å². The number of rotatable bonds is 6. The highest BCUT2D eigenvalue weighted by molar-refractivity contribution is 6.14. The van der Waals surface area contributed by atoms with Crippen LogP contribution in [0.3, 0.4) is 0 Å². The average molecular weight is 501 g/mol. The van der Waals surface area contributed by atoms with E-state index in [9.17, 15) is 19.7 Å². The molecule has 2 heterocycles. The number of ether oxygens (including phenoxy) is 1. The molecule has 3 aromatic carbocycles. The summed E-state index contributed by atoms with van der Waals surface area (Å²) in [6.45, 7) is 2.10. The lowest BCUT2D eigenvalue weighted by molar-refractivity contribution is -0.384. The normalized spacial score (nSPS) is 13.4. The average Bonchev–Trinajstić information content (AvgIpc) is 3.31. The van der Waals surface area contributed by atoms with Crippen LogP contribution < -0.4 is 15.0 Å². The van der Waals surface area contributed by atoms with E-state index in [1.807, 2.05) is 24.3 Å². The number of nitro benzene ring substituents is 1. The van der Waals surface area contributed by atoms with Gasteiger partial charge in [-0.25, -0.2) is 0 Å². The van der Waals surface area contributed by atoms with E-state index in [2.05, 4.69) is 10.2 Å². The number of methoxy groups -OCH3 is 1. The molecule has 0 radical (unpaired) electrons. The summed E-state index contributed by atoms with van der Waals surface area (Å²) in [6, 6.07) is 20.2. The van der Waals surface area contributed by atoms with Crippen molar-refractivity contribution in [2.24, 2.45) is 0 Å². The molecular weight excluding hydrogens is 476 g/mol. The highest BCUT2D eigenvalue weighted by atomic mass is 16.6. The topological polar surface area (TPSA) is 118 Å². The number of fused-ring (bicyclic) bond motifs is 1. The molecule has 0 spiro atoms. The first-order chi connectivity index (χ1) is 18.0. The predicted octanol–water partition coefficient (Wildman–Crippen LogP) is 4.56. The van der Waals surface area contributed by atoms with Crippen molar-refractivity contribution in [2.75, 3.05) is 43.5 Å². The van der Waals surface area contributed by atoms with Crippen LogP contribution in [0.5, 0.6) is 5.75 Å². The van der Waals surface area contributed by atoms with Crippen LogP contribution in [0.15, 0.2) is 77.2 Å². The Hall–Kier alpha value is -4.86. The lowest BCUT2D eigenvalue weighted by Gasteiger charge is -2.36. The summed E-state index contributed by atoms with van der Waals surface area (Å²) >= 11 is 0. The molecule has 0 saturated carbocycles. The van der Waals surface area contributed by atoms with Crippen molar-refractivity contribution in [1.82, 2.24) is 4.90 Å². The largest absolute Gasteiger partial charge is 0.495 e. The fourth-order valence-corrected chi connectivity index (χ4v) is 4.45. The third-order valence-electron chi connectivity index (χ3n) is 6.34. The van der Waals surface area contributed by atoms with E-state index >= 15 is 0 Å². The molecule has 0 unspecified atom stereocenters. The van der Waals surface area contributed by atoms with E-state index in [-0.39, 0.29) is 28.6 Å². The fraction of sp³-hybridized carbons (Fsp3) is 0.185. The predicted molar refractivity (Wildman–Crippen MR) is 138 cm³/mol. The van der Waals surface area contributed by atoms with Crippen molar-refractivity contribution in [3.63, 3.8) is 0 Å². The molecule has 10 heteroatoms. The van der Waals surface area contributed by atoms with Crippen LogP contribution in [0.4, 0.5) is 17.1 Å². The lowest BCUT2D eigenvalue weighted by Crippen LogP contribution is -2.49. The zero-order chi connectivity index (χ0) is 25.9. The number of carbonyl (C=O) groups excluding carboxylic acids is 2. The van der Waals surface area contributed by atoms with Crippen molar-refractivity contribution in [1.29, 1.82) is 0 Å². The second kappa shape index (κ2) is 10.0. The van der Waals surface area contributed by atoms with Crippen molar-refractivity contribution in [3.05, 3.63) is 94.2 Å². The van der Waals surface area contributed by atoms with Gasteiger partial charge in [0.1, 0.15) is 17.0 Å². The number of hydrogen-bond donors (Lipinski definition) is 1. The first-order valence-electron chi connectivity index (χ1n) is 11.7. The zero-order valence-corrected chi connectivity index (χ0v) is 20.0. The molecule has 2 amide bonds. The number of anilines is 2. The van der Waals surface area contributed by atoms with Crippen molar-refractivity contribution in [2.45, 2.75) is 0 Å². The Morgan fingerprint density at radius 3 is 2.46 bits per heavy atom. The highest BCUT2D eigenvalue weighted by Gasteiger charge is 2.30. The number of nitro groups is 1. The molecule has 1 aliphatic rings. The SMILES string of the molecule is COc1ccccc1N1CCN(C(=O)c2oc3ccccc3c2NC(=O)c2cccc([N+](=O)[O-])c2)CC1. The van der Waals surface area contributed by atoms with Gasteiger partial charge in [-0.05, 0) is 30.3 Å². The molecule has 0 bridgehead atoms. The third-order valence-corrected chi connectivity index (χ3v) is 6.34. The van der Waals surface area contributed by atoms with Gasteiger partial charge in [0.15, 0.2) is 0 Å². The number of amides is 2. The number of nitrogens with one attached hydrogen (secondary N) is 1. The standard InChI is InChI=1S/C27H24N4O6/c1-36-23-12-5-3-10-21(23)29-13-15-30(16-14-29)27(33)25-24(20-9-2-4-11-22(20)37-25)28-26(32)18-7-6-8-19(17-18)31(34)35/h2-12,17H,13-16H2,1H3,(H,28,32). The molecule has 188 valence electrons. The van der Waals surface area contributed by atoms with E-state index in [1.165, 1.54) is 24.3 Å². The Balaban J connectivity index is 1.39. The molecule has 5 rings (SSSR count). The summed E-state index contributed by atoms with van der Waals surface area (Å²) in [5, 5.41) is 14.5. The van der Waals surface area contributed by atoms with Gasteiger partial charge in [0.2, 0.25) is 5.76 Å². The minimum Gasteiger partial charge on any atom is -0.495 e. The second-order valence-electron chi connectivity index (χ2n) is 8.52. The summed E-state index contributed by atoms with van der Waals surface area (Å²) in [5.41, 5.74) is 1.56. The molecule has 37 heavy (non-hydrogen) atoms. The maximum Gasteiger partial charge on any atom is 0.291 e. The number of nitrogens with zero attached hydrogens (tertiary/aromatic N) is 3. The van der Waals surface area contributed by atoms with Crippen LogP contribution in [-0.4, -0.2) is 54.9 Å². The van der Waals surface area contributed by atoms with Crippen molar-refractivity contribution >= 4 is 39.8 Å². The maximum absolute atomic E-state index is 13.6. The Morgan fingerprint density at radius 2 is 1.70 bits per heavy atom. The monoisotopic (exact) mass is 500 g/mol. The summed E-state index contributed by atoms with van der Waals surface area (Å²) in [4.78, 5) is 41.0. The van der Waals surface area contributed by atoms with Crippen LogP contribution in [0, 0.1) is 10.1 Å². The molecule has 1 saturated heterocycles. The first-order valence-corrected chi connectivity index (χ1v) is 11.7. The van der Waals surface area contributed by atoms with Crippen LogP contribution in [-0.2, 0) is 0 Å². The van der Waals surface area contributed by atoms with E-state index < -0.39 is 10.8 Å². The molecule has 0 aliphatic carbocycles. The number of para-hydroxylation sites is 3. The quantitative estimate of drug-likeness (QED) is 0.304. The molecule has 1 fully saturated rings. The molecule has 10 nitrogen and oxygen atoms in total. The Kier molecular flexibility index (Phi) is 6.46. The molecule has 0 atom stereocenters. The molecule has 1 N–H and O–H groups in total. The summed E-state index contributed by atoms with van der Waals surface area (Å²) in [6.07, 6.45) is 0. The molecular formula is C27H24N4O6. The first kappa shape index (κ1) is 23.9. The number of benzene rings is 3. The summed E-state index contributed by atoms with van der Waals surface area (Å²) < 4.78 is 11.4. The van der Waals surface area contributed by atoms with Gasteiger partial charge < -0.3 is 24.3 Å². The molecule has 4 aromatic rings. The van der Waals surface area contributed by atoms with E-state index in [1.54, 1.807) is 36.3 Å². The van der Waals surface area contributed by atoms with Gasteiger partial charge in [0.05, 0.1) is 17.7 Å². The van der Waals surface area contributed by atoms with Gasteiger partial charge in [0.25, 0.3) is 17.5 Å². The number of carbonyl (C=O) groups is 2. The molecule has 1 aromatic heterocycles. The highest BCUT2D eigenvalue weighted by Crippen LogP contribution is 2.33. The van der Waals surface area contributed by atoms with Crippen LogP contribution in [0.2, 0.25) is 0 Å². The number of non-ortho nitro benzene ring substituents is 1. The van der Waals surface area contributed by atoms with Crippen LogP contribution in [0.1, 0.15) is 20.9 Å². The Morgan fingerprint density at radius 1 is 0.973 bits per heavy atom. The minimum absolute atomic E-state index is 0.0192. The van der Waals surface area contributed by atoms with Crippen molar-refractivity contribution < 1.29 is 23.7 Å². The minimum atomic E-state index is -0.578. The summed E-state index contributed by atoms with van der Waals surface area (Å²) in [5.74, 6) is -0.132. The van der Waals surface area contributed by atoms with Gasteiger partial charge in [-0.2, -0.15) is 0 Å². The smallest absolute Gasteiger partial charge is 0.291 e. The van der Waals surface area contributed by atoms with Gasteiger partial charge in [-0.15, -0.1) is 0 Å².